The second kappa shape index (κ2) is 9.53. The highest BCUT2D eigenvalue weighted by Gasteiger charge is 2.20. The number of nitrogens with one attached hydrogen (secondary N) is 1. The summed E-state index contributed by atoms with van der Waals surface area (Å²) in [5.41, 5.74) is 1.41. The molecule has 0 spiro atoms. The molecule has 1 amide bonds. The fraction of sp³-hybridized carbons (Fsp3) is 0.609. The third-order valence-electron chi connectivity index (χ3n) is 6.34. The minimum Gasteiger partial charge on any atom is -0.354 e. The molecule has 1 aliphatic heterocycles. The number of hydrogen-bond donors (Lipinski definition) is 1. The van der Waals surface area contributed by atoms with Gasteiger partial charge >= 0.3 is 0 Å². The molecule has 7 nitrogen and oxygen atoms in total. The average Bonchev–Trinajstić information content (AvgIpc) is 3.30. The number of rotatable bonds is 8. The number of carbonyl (C=O) groups is 1. The normalized spacial score (nSPS) is 17.6. The number of thiophene rings is 1. The van der Waals surface area contributed by atoms with Gasteiger partial charge in [0.1, 0.15) is 17.9 Å². The molecule has 0 bridgehead atoms. The summed E-state index contributed by atoms with van der Waals surface area (Å²) >= 11 is 1.67. The molecule has 0 aromatic carbocycles. The quantitative estimate of drug-likeness (QED) is 0.542. The Bertz CT molecular complexity index is 1130. The Kier molecular flexibility index (Phi) is 6.77. The van der Waals surface area contributed by atoms with E-state index in [1.807, 2.05) is 17.4 Å². The molecule has 1 fully saturated rings. The van der Waals surface area contributed by atoms with Crippen molar-refractivity contribution >= 4 is 33.0 Å². The maximum Gasteiger partial charge on any atom is 0.291 e. The van der Waals surface area contributed by atoms with Gasteiger partial charge in [0.25, 0.3) is 5.56 Å². The summed E-state index contributed by atoms with van der Waals surface area (Å²) in [6.07, 6.45) is 6.70. The fourth-order valence-electron chi connectivity index (χ4n) is 4.77. The molecule has 0 saturated carbocycles. The van der Waals surface area contributed by atoms with Crippen LogP contribution in [0.2, 0.25) is 0 Å². The van der Waals surface area contributed by atoms with Crippen molar-refractivity contribution in [3.63, 3.8) is 0 Å². The Labute approximate surface area is 187 Å². The minimum atomic E-state index is -0.215. The Hall–Kier alpha value is -2.19. The van der Waals surface area contributed by atoms with Crippen LogP contribution in [0.4, 0.5) is 0 Å². The molecule has 8 heteroatoms. The zero-order chi connectivity index (χ0) is 22.0. The van der Waals surface area contributed by atoms with Crippen LogP contribution in [0.5, 0.6) is 0 Å². The number of likely N-dealkylation sites (tertiary alicyclic amines) is 1. The van der Waals surface area contributed by atoms with Gasteiger partial charge < -0.3 is 10.2 Å². The predicted molar refractivity (Wildman–Crippen MR) is 126 cm³/mol. The van der Waals surface area contributed by atoms with Gasteiger partial charge in [0.15, 0.2) is 0 Å². The van der Waals surface area contributed by atoms with E-state index in [9.17, 15) is 9.59 Å². The molecule has 31 heavy (non-hydrogen) atoms. The van der Waals surface area contributed by atoms with Crippen LogP contribution in [0.3, 0.4) is 0 Å². The maximum absolute atomic E-state index is 13.0. The zero-order valence-electron chi connectivity index (χ0n) is 18.8. The smallest absolute Gasteiger partial charge is 0.291 e. The molecule has 4 rings (SSSR count). The molecule has 3 aromatic rings. The lowest BCUT2D eigenvalue weighted by Crippen LogP contribution is -2.41. The highest BCUT2D eigenvalue weighted by molar-refractivity contribution is 7.19. The number of fused-ring (bicyclic) bond motifs is 3. The first-order chi connectivity index (χ1) is 15.0. The number of amides is 1. The SMILES string of the molecule is CCc1nn(CC(=O)NCCCN2CCCC[C@@H]2CC)c(=O)c2cc3sc(C)cc3n12. The van der Waals surface area contributed by atoms with Crippen LogP contribution < -0.4 is 10.9 Å². The summed E-state index contributed by atoms with van der Waals surface area (Å²) < 4.78 is 4.34. The molecule has 168 valence electrons. The van der Waals surface area contributed by atoms with Crippen molar-refractivity contribution in [2.45, 2.75) is 71.9 Å². The van der Waals surface area contributed by atoms with Crippen LogP contribution in [0, 0.1) is 6.92 Å². The number of nitrogens with zero attached hydrogens (tertiary/aromatic N) is 4. The summed E-state index contributed by atoms with van der Waals surface area (Å²) in [6, 6.07) is 4.70. The molecule has 0 aliphatic carbocycles. The van der Waals surface area contributed by atoms with Gasteiger partial charge in [-0.3, -0.25) is 14.0 Å². The van der Waals surface area contributed by atoms with Gasteiger partial charge in [0.2, 0.25) is 5.91 Å². The lowest BCUT2D eigenvalue weighted by atomic mass is 10.00. The lowest BCUT2D eigenvalue weighted by Gasteiger charge is -2.35. The van der Waals surface area contributed by atoms with E-state index in [0.29, 0.717) is 24.5 Å². The molecular formula is C23H33N5O2S. The first kappa shape index (κ1) is 22.0. The number of piperidine rings is 1. The number of hydrogen-bond acceptors (Lipinski definition) is 5. The number of aryl methyl sites for hydroxylation is 2. The minimum absolute atomic E-state index is 0.0402. The van der Waals surface area contributed by atoms with Gasteiger partial charge in [-0.1, -0.05) is 20.3 Å². The van der Waals surface area contributed by atoms with Crippen LogP contribution in [-0.2, 0) is 17.8 Å². The molecular weight excluding hydrogens is 410 g/mol. The molecule has 1 aliphatic rings. The second-order valence-corrected chi connectivity index (χ2v) is 9.79. The van der Waals surface area contributed by atoms with Crippen LogP contribution >= 0.6 is 11.3 Å². The highest BCUT2D eigenvalue weighted by Crippen LogP contribution is 2.28. The van der Waals surface area contributed by atoms with E-state index >= 15 is 0 Å². The largest absolute Gasteiger partial charge is 0.354 e. The topological polar surface area (TPSA) is 71.6 Å². The monoisotopic (exact) mass is 443 g/mol. The molecule has 4 heterocycles. The first-order valence-corrected chi connectivity index (χ1v) is 12.4. The maximum atomic E-state index is 13.0. The third kappa shape index (κ3) is 4.55. The van der Waals surface area contributed by atoms with E-state index in [4.69, 9.17) is 0 Å². The van der Waals surface area contributed by atoms with Gasteiger partial charge in [-0.2, -0.15) is 5.10 Å². The Morgan fingerprint density at radius 2 is 2.10 bits per heavy atom. The summed E-state index contributed by atoms with van der Waals surface area (Å²) in [4.78, 5) is 29.3. The molecule has 1 atom stereocenters. The van der Waals surface area contributed by atoms with Crippen LogP contribution in [0.1, 0.15) is 56.7 Å². The van der Waals surface area contributed by atoms with Crippen LogP contribution in [0.25, 0.3) is 15.7 Å². The van der Waals surface area contributed by atoms with Crippen molar-refractivity contribution in [1.29, 1.82) is 0 Å². The first-order valence-electron chi connectivity index (χ1n) is 11.5. The summed E-state index contributed by atoms with van der Waals surface area (Å²) in [6.45, 7) is 9.11. The number of aromatic nitrogens is 3. The number of carbonyl (C=O) groups excluding carboxylic acids is 1. The van der Waals surface area contributed by atoms with E-state index < -0.39 is 0 Å². The second-order valence-electron chi connectivity index (χ2n) is 8.50. The molecule has 3 aromatic heterocycles. The van der Waals surface area contributed by atoms with Gasteiger partial charge in [0, 0.05) is 30.4 Å². The van der Waals surface area contributed by atoms with Crippen LogP contribution in [0.15, 0.2) is 16.9 Å². The van der Waals surface area contributed by atoms with Crippen LogP contribution in [-0.4, -0.2) is 50.7 Å². The Morgan fingerprint density at radius 1 is 1.26 bits per heavy atom. The van der Waals surface area contributed by atoms with Crippen molar-refractivity contribution in [3.8, 4) is 0 Å². The average molecular weight is 444 g/mol. The van der Waals surface area contributed by atoms with Gasteiger partial charge in [0.05, 0.1) is 10.2 Å². The zero-order valence-corrected chi connectivity index (χ0v) is 19.6. The van der Waals surface area contributed by atoms with E-state index in [-0.39, 0.29) is 18.0 Å². The van der Waals surface area contributed by atoms with Gasteiger partial charge in [-0.15, -0.1) is 11.3 Å². The molecule has 0 unspecified atom stereocenters. The van der Waals surface area contributed by atoms with E-state index in [0.717, 1.165) is 29.0 Å². The van der Waals surface area contributed by atoms with Crippen molar-refractivity contribution in [2.75, 3.05) is 19.6 Å². The van der Waals surface area contributed by atoms with Crippen molar-refractivity contribution < 1.29 is 4.79 Å². The molecule has 1 N–H and O–H groups in total. The van der Waals surface area contributed by atoms with E-state index in [1.165, 1.54) is 41.8 Å². The van der Waals surface area contributed by atoms with Gasteiger partial charge in [-0.05, 0) is 51.3 Å². The Balaban J connectivity index is 1.40. The van der Waals surface area contributed by atoms with Crippen molar-refractivity contribution in [1.82, 2.24) is 24.4 Å². The molecule has 1 saturated heterocycles. The van der Waals surface area contributed by atoms with E-state index in [2.05, 4.69) is 35.2 Å². The lowest BCUT2D eigenvalue weighted by molar-refractivity contribution is -0.121. The van der Waals surface area contributed by atoms with Gasteiger partial charge in [-0.25, -0.2) is 4.68 Å². The van der Waals surface area contributed by atoms with E-state index in [1.54, 1.807) is 11.3 Å². The Morgan fingerprint density at radius 3 is 2.87 bits per heavy atom. The molecule has 0 radical (unpaired) electrons. The predicted octanol–water partition coefficient (Wildman–Crippen LogP) is 3.35. The third-order valence-corrected chi connectivity index (χ3v) is 7.32. The van der Waals surface area contributed by atoms with Crippen molar-refractivity contribution in [2.24, 2.45) is 0 Å². The summed E-state index contributed by atoms with van der Waals surface area (Å²) in [5.74, 6) is 0.641. The summed E-state index contributed by atoms with van der Waals surface area (Å²) in [7, 11) is 0. The fourth-order valence-corrected chi connectivity index (χ4v) is 5.71. The standard InChI is InChI=1S/C23H33N5O2S/c1-4-17-9-6-7-11-26(17)12-8-10-24-22(29)15-27-23(30)19-14-20-18(13-16(3)31-20)28(19)21(5-2)25-27/h13-14,17H,4-12,15H2,1-3H3,(H,24,29)/t17-/m0/s1. The summed E-state index contributed by atoms with van der Waals surface area (Å²) in [5, 5.41) is 7.49. The highest BCUT2D eigenvalue weighted by atomic mass is 32.1. The van der Waals surface area contributed by atoms with Crippen molar-refractivity contribution in [3.05, 3.63) is 33.2 Å².